The van der Waals surface area contributed by atoms with Gasteiger partial charge >= 0.3 is 0 Å². The smallest absolute Gasteiger partial charge is 0.170 e. The van der Waals surface area contributed by atoms with Crippen molar-refractivity contribution in [2.75, 3.05) is 0 Å². The minimum atomic E-state index is 0.471. The standard InChI is InChI=1S/C30H22O4/c1-3-9-25-23(7-1)24-8-2-4-10-26(24)30-29(25)33-17-21-13-19-15-31-27-11-5-6-12-28(27)32-16-20(19)14-22(21)18-34-30/h1-14H,15-18H2. The molecule has 2 heterocycles. The lowest BCUT2D eigenvalue weighted by molar-refractivity contribution is 0.231. The van der Waals surface area contributed by atoms with Gasteiger partial charge in [0, 0.05) is 10.8 Å². The van der Waals surface area contributed by atoms with Gasteiger partial charge in [-0.2, -0.15) is 0 Å². The van der Waals surface area contributed by atoms with Crippen LogP contribution in [0.4, 0.5) is 0 Å². The summed E-state index contributed by atoms with van der Waals surface area (Å²) in [5.74, 6) is 3.15. The summed E-state index contributed by atoms with van der Waals surface area (Å²) < 4.78 is 25.1. The number of para-hydroxylation sites is 2. The van der Waals surface area contributed by atoms with Crippen LogP contribution in [-0.4, -0.2) is 0 Å². The number of ether oxygens (including phenoxy) is 4. The normalized spacial score (nSPS) is 14.4. The molecule has 7 rings (SSSR count). The highest BCUT2D eigenvalue weighted by Gasteiger charge is 2.22. The molecule has 2 aliphatic rings. The molecule has 0 spiro atoms. The van der Waals surface area contributed by atoms with Crippen molar-refractivity contribution in [3.63, 3.8) is 0 Å². The van der Waals surface area contributed by atoms with Crippen molar-refractivity contribution >= 4 is 21.5 Å². The van der Waals surface area contributed by atoms with Gasteiger partial charge in [0.15, 0.2) is 23.0 Å². The first-order valence-corrected chi connectivity index (χ1v) is 11.5. The summed E-state index contributed by atoms with van der Waals surface area (Å²) in [6.07, 6.45) is 0. The lowest BCUT2D eigenvalue weighted by Crippen LogP contribution is -2.14. The Bertz CT molecular complexity index is 1450. The fraction of sp³-hybridized carbons (Fsp3) is 0.133. The first-order chi connectivity index (χ1) is 16.8. The topological polar surface area (TPSA) is 36.9 Å². The Morgan fingerprint density at radius 1 is 0.382 bits per heavy atom. The molecule has 4 heteroatoms. The van der Waals surface area contributed by atoms with E-state index in [9.17, 15) is 0 Å². The van der Waals surface area contributed by atoms with E-state index in [1.807, 2.05) is 36.4 Å². The van der Waals surface area contributed by atoms with Crippen molar-refractivity contribution in [1.82, 2.24) is 0 Å². The summed E-state index contributed by atoms with van der Waals surface area (Å²) in [6.45, 7) is 1.93. The number of hydrogen-bond acceptors (Lipinski definition) is 4. The van der Waals surface area contributed by atoms with Gasteiger partial charge < -0.3 is 18.9 Å². The van der Waals surface area contributed by atoms with Gasteiger partial charge in [0.25, 0.3) is 0 Å². The molecule has 0 amide bonds. The molecular weight excluding hydrogens is 424 g/mol. The van der Waals surface area contributed by atoms with Gasteiger partial charge in [-0.1, -0.05) is 60.7 Å². The molecule has 0 atom stereocenters. The van der Waals surface area contributed by atoms with E-state index in [1.165, 1.54) is 10.8 Å². The van der Waals surface area contributed by atoms with Gasteiger partial charge in [-0.3, -0.25) is 0 Å². The molecule has 0 saturated carbocycles. The first-order valence-electron chi connectivity index (χ1n) is 11.5. The minimum absolute atomic E-state index is 0.471. The van der Waals surface area contributed by atoms with Crippen molar-refractivity contribution in [2.45, 2.75) is 26.4 Å². The van der Waals surface area contributed by atoms with E-state index >= 15 is 0 Å². The predicted molar refractivity (Wildman–Crippen MR) is 132 cm³/mol. The lowest BCUT2D eigenvalue weighted by atomic mass is 9.97. The lowest BCUT2D eigenvalue weighted by Gasteiger charge is -2.25. The summed E-state index contributed by atoms with van der Waals surface area (Å²) in [5.41, 5.74) is 4.44. The summed E-state index contributed by atoms with van der Waals surface area (Å²) in [5, 5.41) is 4.48. The number of benzene rings is 5. The van der Waals surface area contributed by atoms with Crippen LogP contribution in [0.15, 0.2) is 84.9 Å². The number of hydrogen-bond donors (Lipinski definition) is 0. The van der Waals surface area contributed by atoms with Gasteiger partial charge in [0.1, 0.15) is 26.4 Å². The maximum atomic E-state index is 6.48. The first kappa shape index (κ1) is 19.3. The summed E-state index contributed by atoms with van der Waals surface area (Å²) in [6, 6.07) is 28.9. The minimum Gasteiger partial charge on any atom is -0.485 e. The Hall–Kier alpha value is -4.18. The molecule has 0 radical (unpaired) electrons. The molecule has 0 saturated heterocycles. The van der Waals surface area contributed by atoms with Crippen LogP contribution in [0.2, 0.25) is 0 Å². The average Bonchev–Trinajstić information content (AvgIpc) is 2.86. The largest absolute Gasteiger partial charge is 0.485 e. The molecule has 5 aromatic carbocycles. The van der Waals surface area contributed by atoms with E-state index < -0.39 is 0 Å². The molecule has 2 aliphatic heterocycles. The van der Waals surface area contributed by atoms with Crippen LogP contribution in [0.5, 0.6) is 23.0 Å². The van der Waals surface area contributed by atoms with Crippen molar-refractivity contribution < 1.29 is 18.9 Å². The molecule has 0 aliphatic carbocycles. The molecule has 0 N–H and O–H groups in total. The molecule has 4 nitrogen and oxygen atoms in total. The van der Waals surface area contributed by atoms with Crippen LogP contribution in [0.25, 0.3) is 21.5 Å². The SMILES string of the molecule is c1ccc2c(c1)OCc1cc3c(cc1CO2)COc1c(c2ccccc2c2ccccc12)OC3. The molecule has 0 bridgehead atoms. The number of fused-ring (bicyclic) bond motifs is 9. The fourth-order valence-corrected chi connectivity index (χ4v) is 4.99. The van der Waals surface area contributed by atoms with Crippen LogP contribution < -0.4 is 18.9 Å². The third kappa shape index (κ3) is 3.06. The summed E-state index contributed by atoms with van der Waals surface area (Å²) in [7, 11) is 0. The van der Waals surface area contributed by atoms with Gasteiger partial charge in [-0.25, -0.2) is 0 Å². The Kier molecular flexibility index (Phi) is 4.37. The van der Waals surface area contributed by atoms with E-state index in [0.717, 1.165) is 56.0 Å². The maximum Gasteiger partial charge on any atom is 0.170 e. The Labute approximate surface area is 197 Å². The fourth-order valence-electron chi connectivity index (χ4n) is 4.99. The summed E-state index contributed by atoms with van der Waals surface area (Å²) in [4.78, 5) is 0. The third-order valence-electron chi connectivity index (χ3n) is 6.72. The molecular formula is C30H22O4. The van der Waals surface area contributed by atoms with E-state index in [0.29, 0.717) is 26.4 Å². The highest BCUT2D eigenvalue weighted by molar-refractivity contribution is 6.13. The zero-order chi connectivity index (χ0) is 22.5. The Morgan fingerprint density at radius 3 is 1.18 bits per heavy atom. The van der Waals surface area contributed by atoms with Crippen molar-refractivity contribution in [3.8, 4) is 23.0 Å². The highest BCUT2D eigenvalue weighted by Crippen LogP contribution is 2.45. The zero-order valence-electron chi connectivity index (χ0n) is 18.5. The van der Waals surface area contributed by atoms with E-state index in [2.05, 4.69) is 48.5 Å². The van der Waals surface area contributed by atoms with Crippen molar-refractivity contribution in [2.24, 2.45) is 0 Å². The Balaban J connectivity index is 1.31. The molecule has 0 fully saturated rings. The van der Waals surface area contributed by atoms with Gasteiger partial charge in [-0.05, 0) is 57.3 Å². The zero-order valence-corrected chi connectivity index (χ0v) is 18.5. The molecule has 5 aromatic rings. The van der Waals surface area contributed by atoms with Crippen molar-refractivity contribution in [3.05, 3.63) is 107 Å². The van der Waals surface area contributed by atoms with Gasteiger partial charge in [0.2, 0.25) is 0 Å². The predicted octanol–water partition coefficient (Wildman–Crippen LogP) is 6.94. The molecule has 34 heavy (non-hydrogen) atoms. The summed E-state index contributed by atoms with van der Waals surface area (Å²) >= 11 is 0. The Morgan fingerprint density at radius 2 is 0.735 bits per heavy atom. The number of rotatable bonds is 0. The molecule has 0 aromatic heterocycles. The monoisotopic (exact) mass is 446 g/mol. The van der Waals surface area contributed by atoms with Crippen molar-refractivity contribution in [1.29, 1.82) is 0 Å². The van der Waals surface area contributed by atoms with Crippen LogP contribution in [0.1, 0.15) is 22.3 Å². The highest BCUT2D eigenvalue weighted by atomic mass is 16.5. The average molecular weight is 447 g/mol. The van der Waals surface area contributed by atoms with E-state index in [4.69, 9.17) is 18.9 Å². The van der Waals surface area contributed by atoms with Crippen LogP contribution in [0, 0.1) is 0 Å². The second-order valence-electron chi connectivity index (χ2n) is 8.74. The van der Waals surface area contributed by atoms with E-state index in [1.54, 1.807) is 0 Å². The molecule has 166 valence electrons. The molecule has 0 unspecified atom stereocenters. The van der Waals surface area contributed by atoms with Gasteiger partial charge in [-0.15, -0.1) is 0 Å². The van der Waals surface area contributed by atoms with E-state index in [-0.39, 0.29) is 0 Å². The maximum absolute atomic E-state index is 6.48. The van der Waals surface area contributed by atoms with Crippen LogP contribution in [-0.2, 0) is 26.4 Å². The third-order valence-corrected chi connectivity index (χ3v) is 6.72. The second-order valence-corrected chi connectivity index (χ2v) is 8.74. The van der Waals surface area contributed by atoms with Gasteiger partial charge in [0.05, 0.1) is 0 Å². The van der Waals surface area contributed by atoms with Crippen LogP contribution in [0.3, 0.4) is 0 Å². The quantitative estimate of drug-likeness (QED) is 0.242. The second kappa shape index (κ2) is 7.70. The van der Waals surface area contributed by atoms with Crippen LogP contribution >= 0.6 is 0 Å².